The minimum Gasteiger partial charge on any atom is -0.465 e. The van der Waals surface area contributed by atoms with Gasteiger partial charge in [-0.05, 0) is 11.6 Å². The fourth-order valence-corrected chi connectivity index (χ4v) is 1.47. The Morgan fingerprint density at radius 1 is 1.35 bits per heavy atom. The van der Waals surface area contributed by atoms with Crippen LogP contribution in [0.15, 0.2) is 29.8 Å². The van der Waals surface area contributed by atoms with Crippen LogP contribution in [0.2, 0.25) is 0 Å². The summed E-state index contributed by atoms with van der Waals surface area (Å²) in [6, 6.07) is 5.56. The molecule has 106 valence electrons. The molecule has 0 radical (unpaired) electrons. The molecule has 1 aromatic carbocycles. The molecule has 0 heterocycles. The maximum atomic E-state index is 11.7. The molecule has 0 aromatic heterocycles. The highest BCUT2D eigenvalue weighted by Gasteiger charge is 2.19. The predicted molar refractivity (Wildman–Crippen MR) is 70.0 cm³/mol. The molecule has 7 nitrogen and oxygen atoms in total. The first kappa shape index (κ1) is 15.5. The van der Waals surface area contributed by atoms with Crippen molar-refractivity contribution in [2.24, 2.45) is 0 Å². The number of carbonyl (C=O) groups excluding carboxylic acids is 2. The molecule has 0 saturated carbocycles. The number of methoxy groups -OCH3 is 2. The fraction of sp³-hybridized carbons (Fsp3) is 0.231. The van der Waals surface area contributed by atoms with Gasteiger partial charge in [0.05, 0.1) is 12.0 Å². The van der Waals surface area contributed by atoms with E-state index in [-0.39, 0.29) is 17.9 Å². The Hall–Kier alpha value is -2.54. The van der Waals surface area contributed by atoms with E-state index in [1.165, 1.54) is 37.5 Å². The van der Waals surface area contributed by atoms with Crippen molar-refractivity contribution in [3.63, 3.8) is 0 Å². The van der Waals surface area contributed by atoms with E-state index in [4.69, 9.17) is 0 Å². The second-order valence-corrected chi connectivity index (χ2v) is 3.76. The van der Waals surface area contributed by atoms with Gasteiger partial charge in [-0.25, -0.2) is 4.79 Å². The number of hydrogen-bond donors (Lipinski definition) is 0. The lowest BCUT2D eigenvalue weighted by atomic mass is 10.1. The number of nitro benzene ring substituents is 1. The number of non-ortho nitro benzene ring substituents is 1. The van der Waals surface area contributed by atoms with Crippen LogP contribution in [-0.4, -0.2) is 37.5 Å². The highest BCUT2D eigenvalue weighted by atomic mass is 16.6. The van der Waals surface area contributed by atoms with E-state index in [0.717, 1.165) is 7.11 Å². The maximum absolute atomic E-state index is 11.7. The van der Waals surface area contributed by atoms with Crippen molar-refractivity contribution in [1.29, 1.82) is 0 Å². The lowest BCUT2D eigenvalue weighted by molar-refractivity contribution is -0.384. The second kappa shape index (κ2) is 7.15. The zero-order chi connectivity index (χ0) is 15.1. The van der Waals surface area contributed by atoms with Crippen LogP contribution in [-0.2, 0) is 19.1 Å². The number of rotatable bonds is 6. The van der Waals surface area contributed by atoms with Gasteiger partial charge in [0, 0.05) is 19.2 Å². The molecule has 0 fully saturated rings. The first-order chi connectivity index (χ1) is 9.49. The number of nitrogens with zero attached hydrogens (tertiary/aromatic N) is 1. The van der Waals surface area contributed by atoms with Crippen LogP contribution < -0.4 is 0 Å². The summed E-state index contributed by atoms with van der Waals surface area (Å²) in [4.78, 5) is 33.4. The number of nitro groups is 1. The molecule has 0 unspecified atom stereocenters. The third kappa shape index (κ3) is 3.99. The first-order valence-electron chi connectivity index (χ1n) is 5.56. The van der Waals surface area contributed by atoms with Crippen LogP contribution in [0.4, 0.5) is 5.69 Å². The molecule has 0 N–H and O–H groups in total. The summed E-state index contributed by atoms with van der Waals surface area (Å²) in [5, 5.41) is 10.7. The lowest BCUT2D eigenvalue weighted by Crippen LogP contribution is -2.18. The smallest absolute Gasteiger partial charge is 0.341 e. The molecular weight excluding hydrogens is 266 g/mol. The van der Waals surface area contributed by atoms with Crippen LogP contribution in [0.3, 0.4) is 0 Å². The summed E-state index contributed by atoms with van der Waals surface area (Å²) in [5.74, 6) is -1.38. The highest BCUT2D eigenvalue weighted by Crippen LogP contribution is 2.16. The molecule has 0 aliphatic heterocycles. The molecule has 0 saturated heterocycles. The minimum atomic E-state index is -0.821. The number of hydrogen-bond acceptors (Lipinski definition) is 6. The van der Waals surface area contributed by atoms with Gasteiger partial charge >= 0.3 is 5.97 Å². The van der Waals surface area contributed by atoms with Crippen molar-refractivity contribution < 1.29 is 24.0 Å². The van der Waals surface area contributed by atoms with Crippen LogP contribution in [0, 0.1) is 10.1 Å². The second-order valence-electron chi connectivity index (χ2n) is 3.76. The SMILES string of the molecule is COCC(=O)C(=Cc1cccc([N+](=O)[O-])c1)C(=O)OC. The maximum Gasteiger partial charge on any atom is 0.341 e. The standard InChI is InChI=1S/C13H13NO6/c1-19-8-12(15)11(13(16)20-2)7-9-4-3-5-10(6-9)14(17)18/h3-7H,8H2,1-2H3. The van der Waals surface area contributed by atoms with Gasteiger partial charge in [-0.2, -0.15) is 0 Å². The Kier molecular flexibility index (Phi) is 5.55. The van der Waals surface area contributed by atoms with E-state index in [1.807, 2.05) is 0 Å². The third-order valence-corrected chi connectivity index (χ3v) is 2.37. The Morgan fingerprint density at radius 3 is 2.60 bits per heavy atom. The number of benzene rings is 1. The molecule has 1 aromatic rings. The van der Waals surface area contributed by atoms with Gasteiger partial charge in [-0.1, -0.05) is 12.1 Å². The normalized spacial score (nSPS) is 11.0. The number of Topliss-reactive ketones (excluding diaryl/α,β-unsaturated/α-hetero) is 1. The molecular formula is C13H13NO6. The average Bonchev–Trinajstić information content (AvgIpc) is 2.44. The third-order valence-electron chi connectivity index (χ3n) is 2.37. The van der Waals surface area contributed by atoms with E-state index in [1.54, 1.807) is 0 Å². The summed E-state index contributed by atoms with van der Waals surface area (Å²) in [6.45, 7) is -0.282. The zero-order valence-electron chi connectivity index (χ0n) is 11.0. The quantitative estimate of drug-likeness (QED) is 0.195. The fourth-order valence-electron chi connectivity index (χ4n) is 1.47. The van der Waals surface area contributed by atoms with E-state index < -0.39 is 16.7 Å². The van der Waals surface area contributed by atoms with E-state index in [0.29, 0.717) is 5.56 Å². The van der Waals surface area contributed by atoms with E-state index >= 15 is 0 Å². The zero-order valence-corrected chi connectivity index (χ0v) is 11.0. The first-order valence-corrected chi connectivity index (χ1v) is 5.56. The topological polar surface area (TPSA) is 95.7 Å². The predicted octanol–water partition coefficient (Wildman–Crippen LogP) is 1.37. The number of esters is 1. The monoisotopic (exact) mass is 279 g/mol. The lowest BCUT2D eigenvalue weighted by Gasteiger charge is -2.04. The van der Waals surface area contributed by atoms with Crippen molar-refractivity contribution in [2.45, 2.75) is 0 Å². The Balaban J connectivity index is 3.19. The summed E-state index contributed by atoms with van der Waals surface area (Å²) >= 11 is 0. The van der Waals surface area contributed by atoms with Crippen molar-refractivity contribution in [2.75, 3.05) is 20.8 Å². The van der Waals surface area contributed by atoms with Crippen LogP contribution in [0.25, 0.3) is 6.08 Å². The molecule has 0 aliphatic carbocycles. The molecule has 0 spiro atoms. The van der Waals surface area contributed by atoms with Gasteiger partial charge < -0.3 is 9.47 Å². The van der Waals surface area contributed by atoms with Gasteiger partial charge in [-0.15, -0.1) is 0 Å². The summed E-state index contributed by atoms with van der Waals surface area (Å²) in [6.07, 6.45) is 1.24. The largest absolute Gasteiger partial charge is 0.465 e. The van der Waals surface area contributed by atoms with Crippen molar-refractivity contribution >= 4 is 23.5 Å². The molecule has 20 heavy (non-hydrogen) atoms. The van der Waals surface area contributed by atoms with Crippen molar-refractivity contribution in [3.05, 3.63) is 45.5 Å². The molecule has 0 bridgehead atoms. The average molecular weight is 279 g/mol. The Bertz CT molecular complexity index is 564. The number of ketones is 1. The molecule has 0 amide bonds. The van der Waals surface area contributed by atoms with E-state index in [9.17, 15) is 19.7 Å². The summed E-state index contributed by atoms with van der Waals surface area (Å²) < 4.78 is 9.18. The van der Waals surface area contributed by atoms with Crippen molar-refractivity contribution in [3.8, 4) is 0 Å². The molecule has 0 atom stereocenters. The van der Waals surface area contributed by atoms with Gasteiger partial charge in [0.1, 0.15) is 12.2 Å². The van der Waals surface area contributed by atoms with Gasteiger partial charge in [0.2, 0.25) is 0 Å². The van der Waals surface area contributed by atoms with Crippen LogP contribution in [0.5, 0.6) is 0 Å². The van der Waals surface area contributed by atoms with Gasteiger partial charge in [0.25, 0.3) is 5.69 Å². The van der Waals surface area contributed by atoms with Gasteiger partial charge in [-0.3, -0.25) is 14.9 Å². The number of ether oxygens (including phenoxy) is 2. The molecule has 0 aliphatic rings. The number of carbonyl (C=O) groups is 2. The summed E-state index contributed by atoms with van der Waals surface area (Å²) in [5.41, 5.74) is -0.0129. The highest BCUT2D eigenvalue weighted by molar-refractivity contribution is 6.21. The van der Waals surface area contributed by atoms with Crippen LogP contribution >= 0.6 is 0 Å². The Labute approximate surface area is 114 Å². The van der Waals surface area contributed by atoms with Crippen LogP contribution in [0.1, 0.15) is 5.56 Å². The van der Waals surface area contributed by atoms with Gasteiger partial charge in [0.15, 0.2) is 5.78 Å². The summed E-state index contributed by atoms with van der Waals surface area (Å²) in [7, 11) is 2.46. The molecule has 1 rings (SSSR count). The minimum absolute atomic E-state index is 0.137. The Morgan fingerprint density at radius 2 is 2.05 bits per heavy atom. The van der Waals surface area contributed by atoms with E-state index in [2.05, 4.69) is 9.47 Å². The van der Waals surface area contributed by atoms with Crippen molar-refractivity contribution in [1.82, 2.24) is 0 Å². The molecule has 7 heteroatoms.